The fraction of sp³-hybridized carbons (Fsp3) is 0.263. The molecule has 1 amide bonds. The van der Waals surface area contributed by atoms with E-state index in [4.69, 9.17) is 25.5 Å². The van der Waals surface area contributed by atoms with Gasteiger partial charge in [-0.25, -0.2) is 4.98 Å². The molecule has 0 bridgehead atoms. The summed E-state index contributed by atoms with van der Waals surface area (Å²) in [5.41, 5.74) is 1.05. The number of anilines is 1. The van der Waals surface area contributed by atoms with E-state index in [0.717, 1.165) is 16.3 Å². The summed E-state index contributed by atoms with van der Waals surface area (Å²) in [5.74, 6) is 1.85. The number of fused-ring (bicyclic) bond motifs is 4. The Morgan fingerprint density at radius 2 is 2.22 bits per heavy atom. The Morgan fingerprint density at radius 1 is 1.33 bits per heavy atom. The third-order valence-electron chi connectivity index (χ3n) is 5.04. The molecule has 3 aromatic rings. The van der Waals surface area contributed by atoms with Crippen LogP contribution in [0.25, 0.3) is 0 Å². The highest BCUT2D eigenvalue weighted by molar-refractivity contribution is 7.10. The molecule has 8 heteroatoms. The van der Waals surface area contributed by atoms with Crippen molar-refractivity contribution in [2.45, 2.75) is 18.4 Å². The van der Waals surface area contributed by atoms with Gasteiger partial charge < -0.3 is 18.8 Å². The van der Waals surface area contributed by atoms with Gasteiger partial charge in [-0.15, -0.1) is 11.3 Å². The van der Waals surface area contributed by atoms with Crippen molar-refractivity contribution >= 4 is 34.5 Å². The minimum Gasteiger partial charge on any atom is -0.490 e. The molecule has 6 nitrogen and oxygen atoms in total. The van der Waals surface area contributed by atoms with E-state index < -0.39 is 5.41 Å². The lowest BCUT2D eigenvalue weighted by Crippen LogP contribution is -2.45. The first-order chi connectivity index (χ1) is 13.1. The Kier molecular flexibility index (Phi) is 3.70. The number of nitrogens with zero attached hydrogens (tertiary/aromatic N) is 2. The molecule has 138 valence electrons. The monoisotopic (exact) mass is 402 g/mol. The van der Waals surface area contributed by atoms with E-state index in [-0.39, 0.29) is 12.3 Å². The molecule has 27 heavy (non-hydrogen) atoms. The Labute approximate surface area is 164 Å². The van der Waals surface area contributed by atoms with E-state index in [1.807, 2.05) is 17.5 Å². The molecular weight excluding hydrogens is 388 g/mol. The van der Waals surface area contributed by atoms with Gasteiger partial charge in [-0.2, -0.15) is 0 Å². The molecule has 3 aromatic heterocycles. The van der Waals surface area contributed by atoms with Crippen LogP contribution in [0.2, 0.25) is 5.22 Å². The number of carbonyl (C=O) groups is 1. The van der Waals surface area contributed by atoms with Crippen LogP contribution >= 0.6 is 22.9 Å². The number of hydrogen-bond donors (Lipinski definition) is 0. The number of furan rings is 1. The van der Waals surface area contributed by atoms with Gasteiger partial charge in [0.15, 0.2) is 5.22 Å². The number of amides is 1. The van der Waals surface area contributed by atoms with Crippen LogP contribution in [0.5, 0.6) is 11.6 Å². The first kappa shape index (κ1) is 16.6. The molecule has 5 rings (SSSR count). The van der Waals surface area contributed by atoms with Crippen LogP contribution in [0, 0.1) is 0 Å². The van der Waals surface area contributed by atoms with Crippen LogP contribution in [0.15, 0.2) is 40.1 Å². The summed E-state index contributed by atoms with van der Waals surface area (Å²) >= 11 is 7.48. The third kappa shape index (κ3) is 2.45. The molecule has 0 aromatic carbocycles. The maximum atomic E-state index is 13.1. The predicted molar refractivity (Wildman–Crippen MR) is 101 cm³/mol. The van der Waals surface area contributed by atoms with Crippen molar-refractivity contribution in [3.63, 3.8) is 0 Å². The number of hydrogen-bond acceptors (Lipinski definition) is 6. The maximum absolute atomic E-state index is 13.1. The van der Waals surface area contributed by atoms with Crippen molar-refractivity contribution in [3.05, 3.63) is 57.3 Å². The van der Waals surface area contributed by atoms with Crippen molar-refractivity contribution in [2.75, 3.05) is 18.6 Å². The van der Waals surface area contributed by atoms with Crippen LogP contribution in [-0.4, -0.2) is 24.6 Å². The Morgan fingerprint density at radius 3 is 3.00 bits per heavy atom. The lowest BCUT2D eigenvalue weighted by molar-refractivity contribution is -0.120. The molecule has 5 heterocycles. The zero-order chi connectivity index (χ0) is 18.6. The fourth-order valence-electron chi connectivity index (χ4n) is 3.79. The fourth-order valence-corrected chi connectivity index (χ4v) is 5.03. The van der Waals surface area contributed by atoms with Gasteiger partial charge in [-0.05, 0) is 41.2 Å². The van der Waals surface area contributed by atoms with Gasteiger partial charge in [0.25, 0.3) is 0 Å². The standard InChI is InChI=1S/C19H15ClN2O4S/c1-24-15-5-3-13-17(21-15)19(10-25-13)8-16(23)22(12-6-7-27-18(12)19)9-11-2-4-14(20)26-11/h2-7H,8-10H2,1H3. The smallest absolute Gasteiger partial charge is 0.228 e. The minimum atomic E-state index is -0.582. The molecule has 0 N–H and O–H groups in total. The van der Waals surface area contributed by atoms with Crippen LogP contribution in [-0.2, 0) is 16.8 Å². The number of aromatic nitrogens is 1. The molecule has 1 unspecified atom stereocenters. The van der Waals surface area contributed by atoms with E-state index in [1.165, 1.54) is 0 Å². The number of rotatable bonds is 3. The lowest BCUT2D eigenvalue weighted by atomic mass is 9.77. The normalized spacial score (nSPS) is 20.5. The van der Waals surface area contributed by atoms with Gasteiger partial charge in [0, 0.05) is 17.4 Å². The van der Waals surface area contributed by atoms with Crippen molar-refractivity contribution in [1.29, 1.82) is 0 Å². The highest BCUT2D eigenvalue weighted by Crippen LogP contribution is 2.53. The molecule has 2 aliphatic rings. The summed E-state index contributed by atoms with van der Waals surface area (Å²) < 4.78 is 16.6. The number of ether oxygens (including phenoxy) is 2. The molecule has 2 aliphatic heterocycles. The second kappa shape index (κ2) is 6.00. The van der Waals surface area contributed by atoms with Gasteiger partial charge in [0.1, 0.15) is 23.8 Å². The number of methoxy groups -OCH3 is 1. The molecule has 0 aliphatic carbocycles. The van der Waals surface area contributed by atoms with Crippen LogP contribution < -0.4 is 14.4 Å². The van der Waals surface area contributed by atoms with Crippen molar-refractivity contribution in [2.24, 2.45) is 0 Å². The van der Waals surface area contributed by atoms with E-state index in [9.17, 15) is 4.79 Å². The van der Waals surface area contributed by atoms with E-state index >= 15 is 0 Å². The molecule has 1 atom stereocenters. The zero-order valence-electron chi connectivity index (χ0n) is 14.4. The zero-order valence-corrected chi connectivity index (χ0v) is 16.0. The first-order valence-corrected chi connectivity index (χ1v) is 9.67. The quantitative estimate of drug-likeness (QED) is 0.662. The molecule has 0 radical (unpaired) electrons. The van der Waals surface area contributed by atoms with Gasteiger partial charge >= 0.3 is 0 Å². The predicted octanol–water partition coefficient (Wildman–Crippen LogP) is 4.01. The summed E-state index contributed by atoms with van der Waals surface area (Å²) in [6, 6.07) is 9.04. The third-order valence-corrected chi connectivity index (χ3v) is 6.35. The molecule has 1 spiro atoms. The van der Waals surface area contributed by atoms with Gasteiger partial charge in [0.2, 0.25) is 11.8 Å². The summed E-state index contributed by atoms with van der Waals surface area (Å²) in [6.07, 6.45) is 0.280. The van der Waals surface area contributed by atoms with Crippen LogP contribution in [0.3, 0.4) is 0 Å². The molecule has 0 fully saturated rings. The second-order valence-electron chi connectivity index (χ2n) is 6.57. The van der Waals surface area contributed by atoms with Gasteiger partial charge in [0.05, 0.1) is 24.8 Å². The van der Waals surface area contributed by atoms with E-state index in [0.29, 0.717) is 35.8 Å². The van der Waals surface area contributed by atoms with Gasteiger partial charge in [-0.3, -0.25) is 4.79 Å². The minimum absolute atomic E-state index is 0.00510. The maximum Gasteiger partial charge on any atom is 0.228 e. The Balaban J connectivity index is 1.60. The number of carbonyl (C=O) groups excluding carboxylic acids is 1. The first-order valence-electron chi connectivity index (χ1n) is 8.41. The van der Waals surface area contributed by atoms with Crippen LogP contribution in [0.4, 0.5) is 5.69 Å². The number of halogens is 1. The Hall–Kier alpha value is -2.51. The SMILES string of the molecule is COc1ccc2c(n1)C1(CO2)CC(=O)N(Cc2ccc(Cl)o2)c2ccsc21. The highest BCUT2D eigenvalue weighted by Gasteiger charge is 2.52. The van der Waals surface area contributed by atoms with Crippen molar-refractivity contribution < 1.29 is 18.7 Å². The highest BCUT2D eigenvalue weighted by atomic mass is 35.5. The number of thiophene rings is 1. The second-order valence-corrected chi connectivity index (χ2v) is 7.86. The largest absolute Gasteiger partial charge is 0.490 e. The van der Waals surface area contributed by atoms with Crippen LogP contribution in [0.1, 0.15) is 22.8 Å². The summed E-state index contributed by atoms with van der Waals surface area (Å²) in [5, 5.41) is 2.30. The topological polar surface area (TPSA) is 64.8 Å². The summed E-state index contributed by atoms with van der Waals surface area (Å²) in [6.45, 7) is 0.729. The average Bonchev–Trinajstić information content (AvgIpc) is 3.38. The summed E-state index contributed by atoms with van der Waals surface area (Å²) in [7, 11) is 1.58. The molecular formula is C19H15ClN2O4S. The molecule has 0 saturated carbocycles. The van der Waals surface area contributed by atoms with Gasteiger partial charge in [-0.1, -0.05) is 0 Å². The average molecular weight is 403 g/mol. The van der Waals surface area contributed by atoms with E-state index in [2.05, 4.69) is 4.98 Å². The van der Waals surface area contributed by atoms with Crippen molar-refractivity contribution in [1.82, 2.24) is 4.98 Å². The molecule has 0 saturated heterocycles. The van der Waals surface area contributed by atoms with E-state index in [1.54, 1.807) is 41.5 Å². The van der Waals surface area contributed by atoms with Crippen molar-refractivity contribution in [3.8, 4) is 11.6 Å². The summed E-state index contributed by atoms with van der Waals surface area (Å²) in [4.78, 5) is 20.6. The Bertz CT molecular complexity index is 1050. The number of pyridine rings is 1. The lowest BCUT2D eigenvalue weighted by Gasteiger charge is -2.36.